The van der Waals surface area contributed by atoms with Crippen molar-refractivity contribution in [2.75, 3.05) is 20.3 Å². The fraction of sp³-hybridized carbons (Fsp3) is 0.533. The van der Waals surface area contributed by atoms with Gasteiger partial charge >= 0.3 is 0 Å². The van der Waals surface area contributed by atoms with E-state index < -0.39 is 0 Å². The Morgan fingerprint density at radius 1 is 1.26 bits per heavy atom. The van der Waals surface area contributed by atoms with Gasteiger partial charge in [-0.1, -0.05) is 24.5 Å². The van der Waals surface area contributed by atoms with Crippen molar-refractivity contribution in [3.05, 3.63) is 29.3 Å². The van der Waals surface area contributed by atoms with Gasteiger partial charge in [0, 0.05) is 13.2 Å². The van der Waals surface area contributed by atoms with Crippen molar-refractivity contribution in [2.24, 2.45) is 0 Å². The van der Waals surface area contributed by atoms with Crippen LogP contribution in [0.1, 0.15) is 41.6 Å². The summed E-state index contributed by atoms with van der Waals surface area (Å²) in [6.07, 6.45) is 3.78. The molecule has 1 aromatic rings. The van der Waals surface area contributed by atoms with Crippen LogP contribution in [0.5, 0.6) is 5.75 Å². The highest BCUT2D eigenvalue weighted by atomic mass is 16.5. The van der Waals surface area contributed by atoms with Crippen LogP contribution in [0.25, 0.3) is 0 Å². The van der Waals surface area contributed by atoms with Crippen molar-refractivity contribution < 1.29 is 14.6 Å². The quantitative estimate of drug-likeness (QED) is 0.709. The molecule has 0 spiro atoms. The molecule has 0 bridgehead atoms. The van der Waals surface area contributed by atoms with Gasteiger partial charge in [-0.2, -0.15) is 0 Å². The van der Waals surface area contributed by atoms with Crippen LogP contribution >= 0.6 is 0 Å². The monoisotopic (exact) mass is 265 g/mol. The summed E-state index contributed by atoms with van der Waals surface area (Å²) in [5, 5.41) is 11.6. The molecule has 0 aliphatic rings. The first-order chi connectivity index (χ1) is 9.19. The first-order valence-corrected chi connectivity index (χ1v) is 6.72. The molecule has 0 aliphatic carbocycles. The molecule has 0 saturated carbocycles. The smallest absolute Gasteiger partial charge is 0.255 e. The van der Waals surface area contributed by atoms with Crippen LogP contribution in [0.2, 0.25) is 0 Å². The van der Waals surface area contributed by atoms with Gasteiger partial charge in [-0.25, -0.2) is 0 Å². The Hall–Kier alpha value is -1.55. The maximum absolute atomic E-state index is 12.0. The number of aryl methyl sites for hydroxylation is 1. The van der Waals surface area contributed by atoms with Gasteiger partial charge in [0.1, 0.15) is 5.75 Å². The van der Waals surface area contributed by atoms with Gasteiger partial charge in [0.05, 0.1) is 12.7 Å². The zero-order chi connectivity index (χ0) is 14.1. The molecule has 4 heteroatoms. The third-order valence-corrected chi connectivity index (χ3v) is 2.97. The maximum atomic E-state index is 12.0. The predicted octanol–water partition coefficient (Wildman–Crippen LogP) is 2.29. The summed E-state index contributed by atoms with van der Waals surface area (Å²) in [4.78, 5) is 12.0. The Labute approximate surface area is 114 Å². The lowest BCUT2D eigenvalue weighted by Crippen LogP contribution is -2.25. The van der Waals surface area contributed by atoms with Crippen LogP contribution in [0.4, 0.5) is 0 Å². The fourth-order valence-corrected chi connectivity index (χ4v) is 1.89. The van der Waals surface area contributed by atoms with E-state index in [4.69, 9.17) is 9.84 Å². The number of aliphatic hydroxyl groups excluding tert-OH is 1. The molecule has 0 unspecified atom stereocenters. The first kappa shape index (κ1) is 15.5. The number of rotatable bonds is 8. The molecule has 106 valence electrons. The number of carbonyl (C=O) groups is 1. The van der Waals surface area contributed by atoms with Crippen LogP contribution in [0.3, 0.4) is 0 Å². The molecule has 0 aromatic heterocycles. The molecule has 1 amide bonds. The third-order valence-electron chi connectivity index (χ3n) is 2.97. The molecule has 0 aliphatic heterocycles. The van der Waals surface area contributed by atoms with Gasteiger partial charge in [0.15, 0.2) is 0 Å². The number of amides is 1. The molecular formula is C15H23NO3. The minimum absolute atomic E-state index is 0.0947. The molecule has 0 radical (unpaired) electrons. The van der Waals surface area contributed by atoms with E-state index in [1.54, 1.807) is 7.11 Å². The number of hydrogen-bond acceptors (Lipinski definition) is 3. The Morgan fingerprint density at radius 3 is 2.68 bits per heavy atom. The molecule has 2 N–H and O–H groups in total. The zero-order valence-electron chi connectivity index (χ0n) is 11.7. The Kier molecular flexibility index (Phi) is 6.97. The lowest BCUT2D eigenvalue weighted by Gasteiger charge is -2.10. The predicted molar refractivity (Wildman–Crippen MR) is 75.6 cm³/mol. The summed E-state index contributed by atoms with van der Waals surface area (Å²) < 4.78 is 5.19. The summed E-state index contributed by atoms with van der Waals surface area (Å²) in [5.41, 5.74) is 1.62. The van der Waals surface area contributed by atoms with Gasteiger partial charge in [-0.15, -0.1) is 0 Å². The minimum Gasteiger partial charge on any atom is -0.496 e. The number of unbranched alkanes of at least 4 members (excludes halogenated alkanes) is 3. The highest BCUT2D eigenvalue weighted by molar-refractivity contribution is 5.97. The van der Waals surface area contributed by atoms with Gasteiger partial charge in [0.2, 0.25) is 0 Å². The van der Waals surface area contributed by atoms with Gasteiger partial charge < -0.3 is 15.2 Å². The summed E-state index contributed by atoms with van der Waals surface area (Å²) in [6, 6.07) is 5.57. The molecule has 0 fully saturated rings. The topological polar surface area (TPSA) is 58.6 Å². The van der Waals surface area contributed by atoms with Gasteiger partial charge in [-0.05, 0) is 31.9 Å². The van der Waals surface area contributed by atoms with E-state index in [0.717, 1.165) is 31.2 Å². The molecule has 1 rings (SSSR count). The number of nitrogens with one attached hydrogen (secondary N) is 1. The van der Waals surface area contributed by atoms with E-state index in [9.17, 15) is 4.79 Å². The number of benzene rings is 1. The van der Waals surface area contributed by atoms with E-state index >= 15 is 0 Å². The largest absolute Gasteiger partial charge is 0.496 e. The van der Waals surface area contributed by atoms with Gasteiger partial charge in [-0.3, -0.25) is 4.79 Å². The van der Waals surface area contributed by atoms with Crippen molar-refractivity contribution in [1.82, 2.24) is 5.32 Å². The number of aliphatic hydroxyl groups is 1. The lowest BCUT2D eigenvalue weighted by molar-refractivity contribution is 0.0949. The average molecular weight is 265 g/mol. The summed E-state index contributed by atoms with van der Waals surface area (Å²) in [5.74, 6) is 0.506. The van der Waals surface area contributed by atoms with Crippen molar-refractivity contribution >= 4 is 5.91 Å². The highest BCUT2D eigenvalue weighted by Gasteiger charge is 2.11. The molecule has 0 atom stereocenters. The van der Waals surface area contributed by atoms with Crippen LogP contribution in [0.15, 0.2) is 18.2 Å². The van der Waals surface area contributed by atoms with Crippen molar-refractivity contribution in [3.63, 3.8) is 0 Å². The number of ether oxygens (including phenoxy) is 1. The van der Waals surface area contributed by atoms with Gasteiger partial charge in [0.25, 0.3) is 5.91 Å². The normalized spacial score (nSPS) is 10.3. The summed E-state index contributed by atoms with van der Waals surface area (Å²) in [6.45, 7) is 2.85. The molecule has 4 nitrogen and oxygen atoms in total. The second-order valence-electron chi connectivity index (χ2n) is 4.60. The van der Waals surface area contributed by atoms with Crippen LogP contribution < -0.4 is 10.1 Å². The van der Waals surface area contributed by atoms with E-state index in [0.29, 0.717) is 17.9 Å². The average Bonchev–Trinajstić information content (AvgIpc) is 2.42. The van der Waals surface area contributed by atoms with E-state index in [2.05, 4.69) is 5.32 Å². The standard InChI is InChI=1S/C15H23NO3/c1-12-7-8-14(19-2)13(11-12)15(18)16-9-5-3-4-6-10-17/h7-8,11,17H,3-6,9-10H2,1-2H3,(H,16,18). The summed E-state index contributed by atoms with van der Waals surface area (Å²) in [7, 11) is 1.57. The second kappa shape index (κ2) is 8.53. The van der Waals surface area contributed by atoms with Crippen molar-refractivity contribution in [3.8, 4) is 5.75 Å². The Morgan fingerprint density at radius 2 is 2.00 bits per heavy atom. The number of methoxy groups -OCH3 is 1. The SMILES string of the molecule is COc1ccc(C)cc1C(=O)NCCCCCCO. The molecular weight excluding hydrogens is 242 g/mol. The van der Waals surface area contributed by atoms with E-state index in [1.807, 2.05) is 25.1 Å². The number of carbonyl (C=O) groups excluding carboxylic acids is 1. The fourth-order valence-electron chi connectivity index (χ4n) is 1.89. The lowest BCUT2D eigenvalue weighted by atomic mass is 10.1. The Balaban J connectivity index is 2.43. The van der Waals surface area contributed by atoms with Crippen LogP contribution in [-0.2, 0) is 0 Å². The zero-order valence-corrected chi connectivity index (χ0v) is 11.7. The second-order valence-corrected chi connectivity index (χ2v) is 4.60. The maximum Gasteiger partial charge on any atom is 0.255 e. The third kappa shape index (κ3) is 5.30. The van der Waals surface area contributed by atoms with E-state index in [1.165, 1.54) is 0 Å². The van der Waals surface area contributed by atoms with E-state index in [-0.39, 0.29) is 12.5 Å². The van der Waals surface area contributed by atoms with Crippen LogP contribution in [0, 0.1) is 6.92 Å². The number of hydrogen-bond donors (Lipinski definition) is 2. The van der Waals surface area contributed by atoms with Crippen LogP contribution in [-0.4, -0.2) is 31.3 Å². The van der Waals surface area contributed by atoms with Crippen molar-refractivity contribution in [2.45, 2.75) is 32.6 Å². The Bertz CT molecular complexity index is 404. The molecule has 0 saturated heterocycles. The summed E-state index contributed by atoms with van der Waals surface area (Å²) >= 11 is 0. The minimum atomic E-state index is -0.0947. The molecule has 1 aromatic carbocycles. The van der Waals surface area contributed by atoms with Crippen molar-refractivity contribution in [1.29, 1.82) is 0 Å². The first-order valence-electron chi connectivity index (χ1n) is 6.72. The highest BCUT2D eigenvalue weighted by Crippen LogP contribution is 2.19. The molecule has 0 heterocycles. The molecule has 19 heavy (non-hydrogen) atoms.